The van der Waals surface area contributed by atoms with E-state index < -0.39 is 11.9 Å². The summed E-state index contributed by atoms with van der Waals surface area (Å²) in [4.78, 5) is 6.14. The number of halogens is 2. The number of nitrogens with zero attached hydrogens (tertiary/aromatic N) is 4. The number of aromatic nitrogens is 3. The lowest BCUT2D eigenvalue weighted by Gasteiger charge is -2.19. The van der Waals surface area contributed by atoms with E-state index in [9.17, 15) is 4.39 Å². The largest absolute Gasteiger partial charge is 0.308 e. The molecule has 0 aliphatic carbocycles. The van der Waals surface area contributed by atoms with Crippen molar-refractivity contribution in [1.29, 1.82) is 0 Å². The molecule has 8 heteroatoms. The van der Waals surface area contributed by atoms with Crippen LogP contribution in [0.4, 0.5) is 4.39 Å². The van der Waals surface area contributed by atoms with Crippen molar-refractivity contribution in [3.05, 3.63) is 46.2 Å². The number of pyridine rings is 1. The number of rotatable bonds is 6. The Hall–Kier alpha value is -1.35. The Labute approximate surface area is 131 Å². The molecule has 2 rings (SSSR count). The molecular weight excluding hydrogens is 339 g/mol. The minimum atomic E-state index is -0.578. The van der Waals surface area contributed by atoms with Gasteiger partial charge < -0.3 is 4.90 Å². The number of hydrogen-bond donors (Lipinski definition) is 2. The number of likely N-dealkylation sites (N-methyl/N-ethyl adjacent to an activating group) is 1. The average Bonchev–Trinajstić information content (AvgIpc) is 2.81. The summed E-state index contributed by atoms with van der Waals surface area (Å²) >= 11 is 3.44. The SMILES string of the molecule is CN(C)CCn1ncc(Br)c1C(NN)c1ncccc1F. The summed E-state index contributed by atoms with van der Waals surface area (Å²) in [6, 6.07) is 2.33. The summed E-state index contributed by atoms with van der Waals surface area (Å²) in [6.45, 7) is 1.48. The molecular formula is C13H18BrFN6. The van der Waals surface area contributed by atoms with Crippen molar-refractivity contribution in [2.45, 2.75) is 12.6 Å². The van der Waals surface area contributed by atoms with Crippen molar-refractivity contribution in [3.63, 3.8) is 0 Å². The first-order chi connectivity index (χ1) is 10.0. The smallest absolute Gasteiger partial charge is 0.146 e. The first kappa shape index (κ1) is 16.0. The minimum absolute atomic E-state index is 0.243. The van der Waals surface area contributed by atoms with E-state index in [0.29, 0.717) is 6.54 Å². The van der Waals surface area contributed by atoms with Crippen molar-refractivity contribution in [2.24, 2.45) is 5.84 Å². The molecule has 6 nitrogen and oxygen atoms in total. The predicted molar refractivity (Wildman–Crippen MR) is 81.8 cm³/mol. The summed E-state index contributed by atoms with van der Waals surface area (Å²) in [5.74, 6) is 5.22. The molecule has 2 aromatic heterocycles. The molecule has 0 fully saturated rings. The Bertz CT molecular complexity index is 600. The van der Waals surface area contributed by atoms with Gasteiger partial charge in [0.2, 0.25) is 0 Å². The van der Waals surface area contributed by atoms with Crippen LogP contribution in [0.3, 0.4) is 0 Å². The molecule has 0 amide bonds. The highest BCUT2D eigenvalue weighted by atomic mass is 79.9. The van der Waals surface area contributed by atoms with Crippen molar-refractivity contribution in [3.8, 4) is 0 Å². The van der Waals surface area contributed by atoms with Crippen LogP contribution in [0.25, 0.3) is 0 Å². The fourth-order valence-corrected chi connectivity index (χ4v) is 2.55. The third kappa shape index (κ3) is 3.65. The van der Waals surface area contributed by atoms with Gasteiger partial charge in [-0.2, -0.15) is 5.10 Å². The first-order valence-corrected chi connectivity index (χ1v) is 7.26. The van der Waals surface area contributed by atoms with Gasteiger partial charge in [0, 0.05) is 12.7 Å². The molecule has 114 valence electrons. The fourth-order valence-electron chi connectivity index (χ4n) is 2.03. The summed E-state index contributed by atoms with van der Waals surface area (Å²) in [5, 5.41) is 4.31. The summed E-state index contributed by atoms with van der Waals surface area (Å²) in [7, 11) is 3.96. The second-order valence-corrected chi connectivity index (χ2v) is 5.73. The van der Waals surface area contributed by atoms with Crippen LogP contribution in [-0.4, -0.2) is 40.3 Å². The van der Waals surface area contributed by atoms with Crippen molar-refractivity contribution >= 4 is 15.9 Å². The van der Waals surface area contributed by atoms with E-state index in [-0.39, 0.29) is 5.69 Å². The molecule has 0 saturated heterocycles. The topological polar surface area (TPSA) is 72.0 Å². The Morgan fingerprint density at radius 1 is 1.52 bits per heavy atom. The molecule has 0 spiro atoms. The van der Waals surface area contributed by atoms with Crippen LogP contribution in [0.5, 0.6) is 0 Å². The van der Waals surface area contributed by atoms with Gasteiger partial charge in [-0.25, -0.2) is 9.82 Å². The van der Waals surface area contributed by atoms with Gasteiger partial charge in [0.15, 0.2) is 0 Å². The average molecular weight is 357 g/mol. The molecule has 21 heavy (non-hydrogen) atoms. The van der Waals surface area contributed by atoms with Crippen molar-refractivity contribution in [2.75, 3.05) is 20.6 Å². The lowest BCUT2D eigenvalue weighted by molar-refractivity contribution is 0.364. The van der Waals surface area contributed by atoms with E-state index in [1.807, 2.05) is 19.0 Å². The van der Waals surface area contributed by atoms with Crippen LogP contribution >= 0.6 is 15.9 Å². The number of nitrogens with two attached hydrogens (primary N) is 1. The molecule has 2 heterocycles. The molecule has 3 N–H and O–H groups in total. The Morgan fingerprint density at radius 3 is 2.90 bits per heavy atom. The summed E-state index contributed by atoms with van der Waals surface area (Å²) in [5.41, 5.74) is 3.61. The lowest BCUT2D eigenvalue weighted by atomic mass is 10.1. The zero-order valence-corrected chi connectivity index (χ0v) is 13.5. The van der Waals surface area contributed by atoms with Gasteiger partial charge in [0.05, 0.1) is 22.9 Å². The molecule has 0 aliphatic rings. The van der Waals surface area contributed by atoms with E-state index in [2.05, 4.69) is 31.4 Å². The van der Waals surface area contributed by atoms with Gasteiger partial charge in [-0.05, 0) is 42.2 Å². The fraction of sp³-hybridized carbons (Fsp3) is 0.385. The van der Waals surface area contributed by atoms with E-state index >= 15 is 0 Å². The van der Waals surface area contributed by atoms with Crippen LogP contribution in [0.2, 0.25) is 0 Å². The predicted octanol–water partition coefficient (Wildman–Crippen LogP) is 1.29. The van der Waals surface area contributed by atoms with Crippen LogP contribution in [0.1, 0.15) is 17.4 Å². The van der Waals surface area contributed by atoms with Gasteiger partial charge in [0.25, 0.3) is 0 Å². The van der Waals surface area contributed by atoms with Crippen LogP contribution in [-0.2, 0) is 6.54 Å². The highest BCUT2D eigenvalue weighted by Crippen LogP contribution is 2.28. The second-order valence-electron chi connectivity index (χ2n) is 4.87. The van der Waals surface area contributed by atoms with Gasteiger partial charge in [-0.15, -0.1) is 0 Å². The molecule has 1 atom stereocenters. The second kappa shape index (κ2) is 7.08. The maximum absolute atomic E-state index is 14.0. The number of hydrogen-bond acceptors (Lipinski definition) is 5. The molecule has 0 saturated carbocycles. The lowest BCUT2D eigenvalue weighted by Crippen LogP contribution is -2.33. The van der Waals surface area contributed by atoms with Gasteiger partial charge in [-0.3, -0.25) is 15.5 Å². The highest BCUT2D eigenvalue weighted by molar-refractivity contribution is 9.10. The third-order valence-corrected chi connectivity index (χ3v) is 3.70. The van der Waals surface area contributed by atoms with Gasteiger partial charge >= 0.3 is 0 Å². The molecule has 0 aromatic carbocycles. The van der Waals surface area contributed by atoms with E-state index in [0.717, 1.165) is 16.7 Å². The maximum Gasteiger partial charge on any atom is 0.146 e. The van der Waals surface area contributed by atoms with Crippen LogP contribution in [0.15, 0.2) is 29.0 Å². The normalized spacial score (nSPS) is 12.9. The Balaban J connectivity index is 2.38. The zero-order chi connectivity index (χ0) is 15.4. The number of nitrogens with one attached hydrogen (secondary N) is 1. The van der Waals surface area contributed by atoms with E-state index in [4.69, 9.17) is 5.84 Å². The minimum Gasteiger partial charge on any atom is -0.308 e. The Kier molecular flexibility index (Phi) is 5.40. The van der Waals surface area contributed by atoms with Crippen molar-refractivity contribution < 1.29 is 4.39 Å². The zero-order valence-electron chi connectivity index (χ0n) is 11.9. The van der Waals surface area contributed by atoms with E-state index in [1.54, 1.807) is 16.9 Å². The monoisotopic (exact) mass is 356 g/mol. The molecule has 0 bridgehead atoms. The Morgan fingerprint density at radius 2 is 2.29 bits per heavy atom. The highest BCUT2D eigenvalue weighted by Gasteiger charge is 2.24. The molecule has 2 aromatic rings. The van der Waals surface area contributed by atoms with Gasteiger partial charge in [-0.1, -0.05) is 0 Å². The standard InChI is InChI=1S/C13H18BrFN6/c1-20(2)6-7-21-13(9(14)8-18-21)12(19-16)11-10(15)4-3-5-17-11/h3-5,8,12,19H,6-7,16H2,1-2H3. The first-order valence-electron chi connectivity index (χ1n) is 6.47. The molecule has 0 aliphatic heterocycles. The molecule has 1 unspecified atom stereocenters. The van der Waals surface area contributed by atoms with Crippen LogP contribution in [0, 0.1) is 5.82 Å². The maximum atomic E-state index is 14.0. The summed E-state index contributed by atoms with van der Waals surface area (Å²) < 4.78 is 16.5. The third-order valence-electron chi connectivity index (χ3n) is 3.09. The number of hydrazine groups is 1. The van der Waals surface area contributed by atoms with Crippen molar-refractivity contribution in [1.82, 2.24) is 25.1 Å². The van der Waals surface area contributed by atoms with Crippen LogP contribution < -0.4 is 11.3 Å². The van der Waals surface area contributed by atoms with E-state index in [1.165, 1.54) is 12.3 Å². The molecule has 0 radical (unpaired) electrons. The quantitative estimate of drug-likeness (QED) is 0.602. The van der Waals surface area contributed by atoms with Gasteiger partial charge in [0.1, 0.15) is 17.6 Å². The summed E-state index contributed by atoms with van der Waals surface area (Å²) in [6.07, 6.45) is 3.22.